The molecule has 0 aliphatic heterocycles. The van der Waals surface area contributed by atoms with Crippen molar-refractivity contribution in [3.8, 4) is 0 Å². The zero-order valence-electron chi connectivity index (χ0n) is 12.7. The van der Waals surface area contributed by atoms with Crippen LogP contribution in [0, 0.1) is 17.8 Å². The van der Waals surface area contributed by atoms with Crippen molar-refractivity contribution in [1.29, 1.82) is 0 Å². The van der Waals surface area contributed by atoms with Crippen LogP contribution in [-0.2, 0) is 6.42 Å². The third-order valence-electron chi connectivity index (χ3n) is 3.35. The predicted octanol–water partition coefficient (Wildman–Crippen LogP) is 3.97. The van der Waals surface area contributed by atoms with Crippen molar-refractivity contribution in [1.82, 2.24) is 5.16 Å². The molecule has 0 bridgehead atoms. The Hall–Kier alpha value is -1.32. The van der Waals surface area contributed by atoms with Crippen LogP contribution in [0.25, 0.3) is 0 Å². The van der Waals surface area contributed by atoms with Crippen LogP contribution < -0.4 is 0 Å². The lowest BCUT2D eigenvalue weighted by Gasteiger charge is -2.22. The topological polar surface area (TPSA) is 63.3 Å². The van der Waals surface area contributed by atoms with E-state index in [1.807, 2.05) is 13.8 Å². The van der Waals surface area contributed by atoms with Gasteiger partial charge < -0.3 is 9.63 Å². The highest BCUT2D eigenvalue weighted by atomic mass is 16.5. The Morgan fingerprint density at radius 2 is 1.68 bits per heavy atom. The van der Waals surface area contributed by atoms with Gasteiger partial charge in [0.2, 0.25) is 0 Å². The van der Waals surface area contributed by atoms with E-state index < -0.39 is 5.97 Å². The molecule has 1 heterocycles. The fourth-order valence-electron chi connectivity index (χ4n) is 2.71. The van der Waals surface area contributed by atoms with E-state index in [0.29, 0.717) is 35.6 Å². The molecule has 0 saturated heterocycles. The standard InChI is InChI=1S/C15H25NO3/c1-8(2)7-11-13(15(17)18)14(16-19-11)12(9(3)4)10(5)6/h8-10,12H,7H2,1-6H3,(H,17,18). The summed E-state index contributed by atoms with van der Waals surface area (Å²) in [5, 5.41) is 13.5. The van der Waals surface area contributed by atoms with Crippen LogP contribution in [0.5, 0.6) is 0 Å². The van der Waals surface area contributed by atoms with Crippen molar-refractivity contribution in [3.63, 3.8) is 0 Å². The average Bonchev–Trinajstić information content (AvgIpc) is 2.59. The Morgan fingerprint density at radius 1 is 1.16 bits per heavy atom. The van der Waals surface area contributed by atoms with E-state index >= 15 is 0 Å². The summed E-state index contributed by atoms with van der Waals surface area (Å²) in [5.74, 6) is 0.679. The number of carbonyl (C=O) groups is 1. The van der Waals surface area contributed by atoms with Crippen molar-refractivity contribution in [2.75, 3.05) is 0 Å². The number of carboxylic acids is 1. The van der Waals surface area contributed by atoms with Crippen molar-refractivity contribution >= 4 is 5.97 Å². The Balaban J connectivity index is 3.27. The highest BCUT2D eigenvalue weighted by Gasteiger charge is 2.31. The van der Waals surface area contributed by atoms with Gasteiger partial charge in [-0.2, -0.15) is 0 Å². The van der Waals surface area contributed by atoms with E-state index in [1.54, 1.807) is 0 Å². The molecule has 0 aliphatic carbocycles. The number of hydrogen-bond acceptors (Lipinski definition) is 3. The number of aromatic carboxylic acids is 1. The summed E-state index contributed by atoms with van der Waals surface area (Å²) < 4.78 is 5.32. The quantitative estimate of drug-likeness (QED) is 0.847. The van der Waals surface area contributed by atoms with Gasteiger partial charge in [-0.3, -0.25) is 0 Å². The van der Waals surface area contributed by atoms with Crippen molar-refractivity contribution in [2.24, 2.45) is 17.8 Å². The minimum absolute atomic E-state index is 0.107. The molecule has 1 aromatic heterocycles. The monoisotopic (exact) mass is 267 g/mol. The molecule has 0 aliphatic rings. The lowest BCUT2D eigenvalue weighted by atomic mass is 9.81. The van der Waals surface area contributed by atoms with Crippen LogP contribution in [0.3, 0.4) is 0 Å². The summed E-state index contributed by atoms with van der Waals surface area (Å²) >= 11 is 0. The van der Waals surface area contributed by atoms with E-state index in [-0.39, 0.29) is 11.5 Å². The Bertz CT molecular complexity index is 425. The first-order valence-electron chi connectivity index (χ1n) is 6.97. The van der Waals surface area contributed by atoms with Crippen LogP contribution >= 0.6 is 0 Å². The minimum atomic E-state index is -0.932. The van der Waals surface area contributed by atoms with Gasteiger partial charge in [0, 0.05) is 12.3 Å². The maximum atomic E-state index is 11.5. The predicted molar refractivity (Wildman–Crippen MR) is 74.4 cm³/mol. The molecule has 0 saturated carbocycles. The summed E-state index contributed by atoms with van der Waals surface area (Å²) in [6, 6.07) is 0. The van der Waals surface area contributed by atoms with Gasteiger partial charge in [0.05, 0.1) is 0 Å². The molecule has 1 aromatic rings. The van der Waals surface area contributed by atoms with Gasteiger partial charge >= 0.3 is 5.97 Å². The number of nitrogens with zero attached hydrogens (tertiary/aromatic N) is 1. The molecule has 0 unspecified atom stereocenters. The van der Waals surface area contributed by atoms with Crippen molar-refractivity contribution in [2.45, 2.75) is 53.9 Å². The third-order valence-corrected chi connectivity index (χ3v) is 3.35. The molecule has 0 amide bonds. The fraction of sp³-hybridized carbons (Fsp3) is 0.733. The summed E-state index contributed by atoms with van der Waals surface area (Å²) in [4.78, 5) is 11.5. The van der Waals surface area contributed by atoms with E-state index in [9.17, 15) is 9.90 Å². The van der Waals surface area contributed by atoms with Gasteiger partial charge in [0.25, 0.3) is 0 Å². The van der Waals surface area contributed by atoms with Crippen LogP contribution in [0.15, 0.2) is 4.52 Å². The van der Waals surface area contributed by atoms with Gasteiger partial charge in [0.1, 0.15) is 11.3 Å². The normalized spacial score (nSPS) is 12.1. The smallest absolute Gasteiger partial charge is 0.341 e. The van der Waals surface area contributed by atoms with Gasteiger partial charge in [-0.15, -0.1) is 0 Å². The van der Waals surface area contributed by atoms with Gasteiger partial charge in [0.15, 0.2) is 5.76 Å². The molecule has 108 valence electrons. The zero-order chi connectivity index (χ0) is 14.7. The first-order valence-corrected chi connectivity index (χ1v) is 6.97. The summed E-state index contributed by atoms with van der Waals surface area (Å²) in [6.45, 7) is 12.4. The highest BCUT2D eigenvalue weighted by Crippen LogP contribution is 2.34. The molecule has 19 heavy (non-hydrogen) atoms. The van der Waals surface area contributed by atoms with Crippen molar-refractivity contribution < 1.29 is 14.4 Å². The molecule has 0 aromatic carbocycles. The third kappa shape index (κ3) is 3.58. The summed E-state index contributed by atoms with van der Waals surface area (Å²) in [7, 11) is 0. The molecule has 1 N–H and O–H groups in total. The van der Waals surface area contributed by atoms with Crippen LogP contribution in [0.4, 0.5) is 0 Å². The Kier molecular flexibility index (Phi) is 5.15. The van der Waals surface area contributed by atoms with E-state index in [1.165, 1.54) is 0 Å². The first-order chi connectivity index (χ1) is 8.75. The minimum Gasteiger partial charge on any atom is -0.477 e. The maximum Gasteiger partial charge on any atom is 0.341 e. The van der Waals surface area contributed by atoms with E-state index in [2.05, 4.69) is 32.9 Å². The lowest BCUT2D eigenvalue weighted by Crippen LogP contribution is -2.17. The molecular formula is C15H25NO3. The van der Waals surface area contributed by atoms with Gasteiger partial charge in [-0.05, 0) is 17.8 Å². The molecule has 0 fully saturated rings. The highest BCUT2D eigenvalue weighted by molar-refractivity contribution is 5.90. The molecule has 4 heteroatoms. The molecule has 1 rings (SSSR count). The number of rotatable bonds is 6. The van der Waals surface area contributed by atoms with Crippen LogP contribution in [0.2, 0.25) is 0 Å². The number of hydrogen-bond donors (Lipinski definition) is 1. The summed E-state index contributed by atoms with van der Waals surface area (Å²) in [5.41, 5.74) is 0.884. The molecular weight excluding hydrogens is 242 g/mol. The lowest BCUT2D eigenvalue weighted by molar-refractivity contribution is 0.0692. The zero-order valence-corrected chi connectivity index (χ0v) is 12.7. The molecule has 0 spiro atoms. The first kappa shape index (κ1) is 15.7. The summed E-state index contributed by atoms with van der Waals surface area (Å²) in [6.07, 6.45) is 0.609. The molecule has 0 radical (unpaired) electrons. The van der Waals surface area contributed by atoms with Gasteiger partial charge in [-0.25, -0.2) is 4.79 Å². The maximum absolute atomic E-state index is 11.5. The number of carboxylic acid groups (broad SMARTS) is 1. The van der Waals surface area contributed by atoms with Gasteiger partial charge in [-0.1, -0.05) is 46.7 Å². The van der Waals surface area contributed by atoms with Crippen LogP contribution in [-0.4, -0.2) is 16.2 Å². The Labute approximate surface area is 115 Å². The second-order valence-electron chi connectivity index (χ2n) is 6.28. The molecule has 4 nitrogen and oxygen atoms in total. The number of aromatic nitrogens is 1. The SMILES string of the molecule is CC(C)Cc1onc(C(C(C)C)C(C)C)c1C(=O)O. The van der Waals surface area contributed by atoms with E-state index in [4.69, 9.17) is 4.52 Å². The average molecular weight is 267 g/mol. The second-order valence-corrected chi connectivity index (χ2v) is 6.28. The molecule has 0 atom stereocenters. The van der Waals surface area contributed by atoms with Crippen molar-refractivity contribution in [3.05, 3.63) is 17.0 Å². The van der Waals surface area contributed by atoms with Crippen LogP contribution in [0.1, 0.15) is 69.3 Å². The second kappa shape index (κ2) is 6.22. The van der Waals surface area contributed by atoms with E-state index in [0.717, 1.165) is 0 Å². The Morgan fingerprint density at radius 3 is 2.05 bits per heavy atom. The fourth-order valence-corrected chi connectivity index (χ4v) is 2.71. The largest absolute Gasteiger partial charge is 0.477 e.